The van der Waals surface area contributed by atoms with E-state index in [1.165, 1.54) is 0 Å². The van der Waals surface area contributed by atoms with E-state index in [0.29, 0.717) is 19.4 Å². The van der Waals surface area contributed by atoms with Crippen LogP contribution < -0.4 is 0 Å². The predicted molar refractivity (Wildman–Crippen MR) is 74.2 cm³/mol. The Balaban J connectivity index is 2.07. The average Bonchev–Trinajstić information content (AvgIpc) is 2.78. The summed E-state index contributed by atoms with van der Waals surface area (Å²) in [6, 6.07) is -0.112. The van der Waals surface area contributed by atoms with Crippen molar-refractivity contribution < 1.29 is 19.8 Å². The SMILES string of the molecule is O=C(CC1(C(=O)O)CCCCCC1)N1CCC[C@H]1CO. The van der Waals surface area contributed by atoms with Crippen molar-refractivity contribution in [3.63, 3.8) is 0 Å². The van der Waals surface area contributed by atoms with Gasteiger partial charge in [-0.2, -0.15) is 0 Å². The molecule has 0 bridgehead atoms. The molecule has 114 valence electrons. The molecule has 0 unspecified atom stereocenters. The van der Waals surface area contributed by atoms with Crippen LogP contribution >= 0.6 is 0 Å². The van der Waals surface area contributed by atoms with Crippen LogP contribution in [-0.2, 0) is 9.59 Å². The zero-order valence-corrected chi connectivity index (χ0v) is 12.0. The van der Waals surface area contributed by atoms with Gasteiger partial charge in [0.25, 0.3) is 0 Å². The molecular weight excluding hydrogens is 258 g/mol. The van der Waals surface area contributed by atoms with E-state index in [1.54, 1.807) is 4.90 Å². The normalized spacial score (nSPS) is 26.2. The number of likely N-dealkylation sites (tertiary alicyclic amines) is 1. The smallest absolute Gasteiger partial charge is 0.310 e. The first-order valence-corrected chi connectivity index (χ1v) is 7.73. The van der Waals surface area contributed by atoms with Gasteiger partial charge < -0.3 is 15.1 Å². The first-order valence-electron chi connectivity index (χ1n) is 7.73. The fourth-order valence-electron chi connectivity index (χ4n) is 3.62. The third-order valence-corrected chi connectivity index (χ3v) is 4.91. The van der Waals surface area contributed by atoms with Gasteiger partial charge in [-0.3, -0.25) is 9.59 Å². The van der Waals surface area contributed by atoms with E-state index in [9.17, 15) is 19.8 Å². The molecule has 2 N–H and O–H groups in total. The molecule has 5 heteroatoms. The summed E-state index contributed by atoms with van der Waals surface area (Å²) < 4.78 is 0. The number of carboxylic acid groups (broad SMARTS) is 1. The van der Waals surface area contributed by atoms with Crippen LogP contribution in [0.15, 0.2) is 0 Å². The van der Waals surface area contributed by atoms with Crippen molar-refractivity contribution in [3.05, 3.63) is 0 Å². The molecule has 2 fully saturated rings. The number of aliphatic hydroxyl groups is 1. The van der Waals surface area contributed by atoms with Gasteiger partial charge >= 0.3 is 5.97 Å². The number of carbonyl (C=O) groups is 2. The molecule has 0 aromatic heterocycles. The molecule has 1 aliphatic heterocycles. The molecule has 0 spiro atoms. The summed E-state index contributed by atoms with van der Waals surface area (Å²) in [7, 11) is 0. The molecule has 1 amide bonds. The molecule has 1 saturated heterocycles. The molecule has 1 heterocycles. The highest BCUT2D eigenvalue weighted by Crippen LogP contribution is 2.39. The van der Waals surface area contributed by atoms with Gasteiger partial charge in [0, 0.05) is 13.0 Å². The summed E-state index contributed by atoms with van der Waals surface area (Å²) in [4.78, 5) is 25.9. The lowest BCUT2D eigenvalue weighted by Crippen LogP contribution is -2.42. The Morgan fingerprint density at radius 1 is 1.10 bits per heavy atom. The van der Waals surface area contributed by atoms with Crippen LogP contribution in [0.2, 0.25) is 0 Å². The molecular formula is C15H25NO4. The zero-order valence-electron chi connectivity index (χ0n) is 12.0. The van der Waals surface area contributed by atoms with E-state index in [2.05, 4.69) is 0 Å². The van der Waals surface area contributed by atoms with Crippen molar-refractivity contribution in [1.82, 2.24) is 4.90 Å². The van der Waals surface area contributed by atoms with Crippen LogP contribution in [0.5, 0.6) is 0 Å². The molecule has 0 aromatic carbocycles. The van der Waals surface area contributed by atoms with Crippen molar-refractivity contribution in [2.75, 3.05) is 13.2 Å². The predicted octanol–water partition coefficient (Wildman–Crippen LogP) is 1.78. The van der Waals surface area contributed by atoms with Crippen LogP contribution in [-0.4, -0.2) is 46.2 Å². The van der Waals surface area contributed by atoms with Crippen LogP contribution in [0.25, 0.3) is 0 Å². The maximum Gasteiger partial charge on any atom is 0.310 e. The first-order chi connectivity index (χ1) is 9.59. The monoisotopic (exact) mass is 283 g/mol. The number of aliphatic carboxylic acids is 1. The highest BCUT2D eigenvalue weighted by atomic mass is 16.4. The maximum absolute atomic E-state index is 12.5. The number of nitrogens with zero attached hydrogens (tertiary/aromatic N) is 1. The molecule has 2 aliphatic rings. The van der Waals surface area contributed by atoms with Crippen LogP contribution in [0.3, 0.4) is 0 Å². The topological polar surface area (TPSA) is 77.8 Å². The molecule has 1 saturated carbocycles. The van der Waals surface area contributed by atoms with Gasteiger partial charge in [-0.05, 0) is 25.7 Å². The van der Waals surface area contributed by atoms with Crippen molar-refractivity contribution in [2.45, 2.75) is 63.8 Å². The Bertz CT molecular complexity index is 361. The summed E-state index contributed by atoms with van der Waals surface area (Å²) in [5.74, 6) is -0.918. The summed E-state index contributed by atoms with van der Waals surface area (Å²) >= 11 is 0. The minimum Gasteiger partial charge on any atom is -0.481 e. The molecule has 20 heavy (non-hydrogen) atoms. The second kappa shape index (κ2) is 6.57. The second-order valence-electron chi connectivity index (χ2n) is 6.24. The van der Waals surface area contributed by atoms with E-state index >= 15 is 0 Å². The van der Waals surface area contributed by atoms with Gasteiger partial charge in [-0.15, -0.1) is 0 Å². The Hall–Kier alpha value is -1.10. The van der Waals surface area contributed by atoms with Crippen molar-refractivity contribution >= 4 is 11.9 Å². The minimum absolute atomic E-state index is 0.0220. The zero-order chi connectivity index (χ0) is 14.6. The number of hydrogen-bond acceptors (Lipinski definition) is 3. The molecule has 0 radical (unpaired) electrons. The van der Waals surface area contributed by atoms with Gasteiger partial charge in [0.05, 0.1) is 18.1 Å². The average molecular weight is 283 g/mol. The van der Waals surface area contributed by atoms with Gasteiger partial charge in [-0.25, -0.2) is 0 Å². The fraction of sp³-hybridized carbons (Fsp3) is 0.867. The highest BCUT2D eigenvalue weighted by molar-refractivity contribution is 5.85. The standard InChI is InChI=1S/C15H25NO4/c17-11-12-6-5-9-16(12)13(18)10-15(14(19)20)7-3-1-2-4-8-15/h12,17H,1-11H2,(H,19,20)/t12-/m0/s1. The molecule has 2 rings (SSSR count). The Labute approximate surface area is 120 Å². The van der Waals surface area contributed by atoms with Crippen molar-refractivity contribution in [1.29, 1.82) is 0 Å². The quantitative estimate of drug-likeness (QED) is 0.771. The van der Waals surface area contributed by atoms with Gasteiger partial charge in [-0.1, -0.05) is 25.7 Å². The van der Waals surface area contributed by atoms with E-state index in [4.69, 9.17) is 0 Å². The molecule has 5 nitrogen and oxygen atoms in total. The van der Waals surface area contributed by atoms with E-state index in [0.717, 1.165) is 38.5 Å². The number of amides is 1. The lowest BCUT2D eigenvalue weighted by molar-refractivity contribution is -0.155. The Morgan fingerprint density at radius 3 is 2.30 bits per heavy atom. The minimum atomic E-state index is -0.879. The van der Waals surface area contributed by atoms with E-state index in [-0.39, 0.29) is 25.0 Å². The molecule has 1 atom stereocenters. The largest absolute Gasteiger partial charge is 0.481 e. The number of carbonyl (C=O) groups excluding carboxylic acids is 1. The summed E-state index contributed by atoms with van der Waals surface area (Å²) in [6.45, 7) is 0.631. The van der Waals surface area contributed by atoms with Crippen molar-refractivity contribution in [2.24, 2.45) is 5.41 Å². The van der Waals surface area contributed by atoms with Gasteiger partial charge in [0.15, 0.2) is 0 Å². The Kier molecular flexibility index (Phi) is 5.02. The van der Waals surface area contributed by atoms with E-state index < -0.39 is 11.4 Å². The number of carboxylic acids is 1. The molecule has 1 aliphatic carbocycles. The van der Waals surface area contributed by atoms with Crippen LogP contribution in [0.1, 0.15) is 57.8 Å². The number of aliphatic hydroxyl groups excluding tert-OH is 1. The first kappa shape index (κ1) is 15.3. The Morgan fingerprint density at radius 2 is 1.75 bits per heavy atom. The third-order valence-electron chi connectivity index (χ3n) is 4.91. The summed E-state index contributed by atoms with van der Waals surface area (Å²) in [6.07, 6.45) is 6.93. The highest BCUT2D eigenvalue weighted by Gasteiger charge is 2.42. The van der Waals surface area contributed by atoms with Crippen LogP contribution in [0, 0.1) is 5.41 Å². The van der Waals surface area contributed by atoms with Gasteiger partial charge in [0.1, 0.15) is 0 Å². The van der Waals surface area contributed by atoms with Gasteiger partial charge in [0.2, 0.25) is 5.91 Å². The maximum atomic E-state index is 12.5. The lowest BCUT2D eigenvalue weighted by atomic mass is 9.77. The lowest BCUT2D eigenvalue weighted by Gasteiger charge is -2.31. The molecule has 0 aromatic rings. The number of hydrogen-bond donors (Lipinski definition) is 2. The second-order valence-corrected chi connectivity index (χ2v) is 6.24. The van der Waals surface area contributed by atoms with Crippen molar-refractivity contribution in [3.8, 4) is 0 Å². The summed E-state index contributed by atoms with van der Waals surface area (Å²) in [5.41, 5.74) is -0.879. The van der Waals surface area contributed by atoms with E-state index in [1.807, 2.05) is 0 Å². The number of rotatable bonds is 4. The fourth-order valence-corrected chi connectivity index (χ4v) is 3.62. The van der Waals surface area contributed by atoms with Crippen LogP contribution in [0.4, 0.5) is 0 Å². The third kappa shape index (κ3) is 3.14. The summed E-state index contributed by atoms with van der Waals surface area (Å²) in [5, 5.41) is 18.9.